The molecule has 3 N–H and O–H groups in total. The van der Waals surface area contributed by atoms with Crippen molar-refractivity contribution in [3.8, 4) is 0 Å². The molecule has 1 aromatic carbocycles. The van der Waals surface area contributed by atoms with Gasteiger partial charge in [-0.2, -0.15) is 0 Å². The van der Waals surface area contributed by atoms with E-state index in [1.165, 1.54) is 30.4 Å². The summed E-state index contributed by atoms with van der Waals surface area (Å²) in [6, 6.07) is 6.58. The molecular formula is C13H19ClN2. The van der Waals surface area contributed by atoms with Gasteiger partial charge < -0.3 is 0 Å². The fourth-order valence-corrected chi connectivity index (χ4v) is 2.36. The summed E-state index contributed by atoms with van der Waals surface area (Å²) < 4.78 is 0. The molecule has 1 fully saturated rings. The summed E-state index contributed by atoms with van der Waals surface area (Å²) >= 11 is 6.21. The maximum atomic E-state index is 6.21. The van der Waals surface area contributed by atoms with Gasteiger partial charge in [0.1, 0.15) is 0 Å². The minimum atomic E-state index is 0.354. The molecule has 1 saturated carbocycles. The van der Waals surface area contributed by atoms with E-state index in [0.29, 0.717) is 6.04 Å². The van der Waals surface area contributed by atoms with Crippen LogP contribution in [0.2, 0.25) is 5.02 Å². The number of rotatable bonds is 5. The molecular weight excluding hydrogens is 220 g/mol. The smallest absolute Gasteiger partial charge is 0.0441 e. The Balaban J connectivity index is 1.99. The van der Waals surface area contributed by atoms with Crippen LogP contribution in [0.4, 0.5) is 0 Å². The van der Waals surface area contributed by atoms with E-state index in [4.69, 9.17) is 17.4 Å². The van der Waals surface area contributed by atoms with Crippen molar-refractivity contribution in [1.82, 2.24) is 5.43 Å². The van der Waals surface area contributed by atoms with Gasteiger partial charge in [-0.05, 0) is 42.9 Å². The Labute approximate surface area is 102 Å². The van der Waals surface area contributed by atoms with Crippen molar-refractivity contribution in [2.24, 2.45) is 11.8 Å². The zero-order valence-corrected chi connectivity index (χ0v) is 10.4. The van der Waals surface area contributed by atoms with E-state index >= 15 is 0 Å². The predicted molar refractivity (Wildman–Crippen MR) is 68.3 cm³/mol. The van der Waals surface area contributed by atoms with Gasteiger partial charge in [0.15, 0.2) is 0 Å². The number of halogens is 1. The highest BCUT2D eigenvalue weighted by Gasteiger charge is 2.25. The summed E-state index contributed by atoms with van der Waals surface area (Å²) in [4.78, 5) is 0. The van der Waals surface area contributed by atoms with Gasteiger partial charge >= 0.3 is 0 Å². The van der Waals surface area contributed by atoms with Crippen LogP contribution in [0.3, 0.4) is 0 Å². The van der Waals surface area contributed by atoms with Crippen molar-refractivity contribution in [2.45, 2.75) is 38.6 Å². The van der Waals surface area contributed by atoms with E-state index in [9.17, 15) is 0 Å². The molecule has 1 aliphatic rings. The van der Waals surface area contributed by atoms with E-state index < -0.39 is 0 Å². The highest BCUT2D eigenvalue weighted by Crippen LogP contribution is 2.34. The monoisotopic (exact) mass is 238 g/mol. The van der Waals surface area contributed by atoms with Gasteiger partial charge in [0.05, 0.1) is 0 Å². The van der Waals surface area contributed by atoms with E-state index in [1.807, 2.05) is 6.07 Å². The second-order valence-corrected chi connectivity index (χ2v) is 5.25. The minimum Gasteiger partial charge on any atom is -0.271 e. The number of hydrazine groups is 1. The average Bonchev–Trinajstić information content (AvgIpc) is 3.04. The molecule has 1 aromatic rings. The first kappa shape index (κ1) is 11.9. The van der Waals surface area contributed by atoms with Crippen LogP contribution in [0, 0.1) is 12.8 Å². The fourth-order valence-electron chi connectivity index (χ4n) is 2.05. The maximum absolute atomic E-state index is 6.21. The quantitative estimate of drug-likeness (QED) is 0.612. The van der Waals surface area contributed by atoms with Gasteiger partial charge in [0.25, 0.3) is 0 Å². The van der Waals surface area contributed by atoms with Crippen LogP contribution < -0.4 is 11.3 Å². The zero-order chi connectivity index (χ0) is 11.5. The summed E-state index contributed by atoms with van der Waals surface area (Å²) in [6.07, 6.45) is 4.81. The molecule has 0 saturated heterocycles. The Bertz CT molecular complexity index is 361. The van der Waals surface area contributed by atoms with Gasteiger partial charge in [-0.1, -0.05) is 36.6 Å². The lowest BCUT2D eigenvalue weighted by molar-refractivity contribution is 0.466. The van der Waals surface area contributed by atoms with Crippen LogP contribution in [-0.2, 0) is 6.42 Å². The maximum Gasteiger partial charge on any atom is 0.0441 e. The van der Waals surface area contributed by atoms with Crippen molar-refractivity contribution >= 4 is 11.6 Å². The Morgan fingerprint density at radius 2 is 2.25 bits per heavy atom. The number of hydrogen-bond donors (Lipinski definition) is 2. The van der Waals surface area contributed by atoms with E-state index in [1.54, 1.807) is 0 Å². The second kappa shape index (κ2) is 5.17. The van der Waals surface area contributed by atoms with Gasteiger partial charge in [-0.15, -0.1) is 0 Å². The molecule has 2 rings (SSSR count). The number of hydrogen-bond acceptors (Lipinski definition) is 2. The molecule has 1 unspecified atom stereocenters. The molecule has 0 amide bonds. The molecule has 0 bridgehead atoms. The summed E-state index contributed by atoms with van der Waals surface area (Å²) in [6.45, 7) is 2.05. The van der Waals surface area contributed by atoms with Crippen LogP contribution in [-0.4, -0.2) is 6.04 Å². The van der Waals surface area contributed by atoms with Crippen LogP contribution in [0.1, 0.15) is 30.4 Å². The van der Waals surface area contributed by atoms with Gasteiger partial charge in [0, 0.05) is 11.1 Å². The van der Waals surface area contributed by atoms with Crippen molar-refractivity contribution in [1.29, 1.82) is 0 Å². The molecule has 3 heteroatoms. The van der Waals surface area contributed by atoms with E-state index in [-0.39, 0.29) is 0 Å². The SMILES string of the molecule is Cc1ccc(CC(CC2CC2)NN)c(Cl)c1. The average molecular weight is 239 g/mol. The number of nitrogens with one attached hydrogen (secondary N) is 1. The predicted octanol–water partition coefficient (Wildman–Crippen LogP) is 2.82. The first-order valence-corrected chi connectivity index (χ1v) is 6.28. The molecule has 16 heavy (non-hydrogen) atoms. The lowest BCUT2D eigenvalue weighted by Crippen LogP contribution is -2.37. The molecule has 88 valence electrons. The lowest BCUT2D eigenvalue weighted by Gasteiger charge is -2.16. The molecule has 0 radical (unpaired) electrons. The fraction of sp³-hybridized carbons (Fsp3) is 0.538. The minimum absolute atomic E-state index is 0.354. The normalized spacial score (nSPS) is 17.4. The summed E-state index contributed by atoms with van der Waals surface area (Å²) in [7, 11) is 0. The van der Waals surface area contributed by atoms with Crippen LogP contribution in [0.15, 0.2) is 18.2 Å². The Kier molecular flexibility index (Phi) is 3.85. The second-order valence-electron chi connectivity index (χ2n) is 4.84. The molecule has 2 nitrogen and oxygen atoms in total. The first-order chi connectivity index (χ1) is 7.69. The summed E-state index contributed by atoms with van der Waals surface area (Å²) in [5, 5.41) is 0.857. The third-order valence-corrected chi connectivity index (χ3v) is 3.58. The van der Waals surface area contributed by atoms with E-state index in [2.05, 4.69) is 24.5 Å². The van der Waals surface area contributed by atoms with Crippen molar-refractivity contribution in [2.75, 3.05) is 0 Å². The zero-order valence-electron chi connectivity index (χ0n) is 9.67. The molecule has 1 aliphatic carbocycles. The topological polar surface area (TPSA) is 38.0 Å². The highest BCUT2D eigenvalue weighted by atomic mass is 35.5. The van der Waals surface area contributed by atoms with Gasteiger partial charge in [-0.3, -0.25) is 11.3 Å². The van der Waals surface area contributed by atoms with Crippen molar-refractivity contribution in [3.05, 3.63) is 34.3 Å². The highest BCUT2D eigenvalue weighted by molar-refractivity contribution is 6.31. The Morgan fingerprint density at radius 3 is 2.81 bits per heavy atom. The molecule has 1 atom stereocenters. The lowest BCUT2D eigenvalue weighted by atomic mass is 10.0. The van der Waals surface area contributed by atoms with Crippen molar-refractivity contribution in [3.63, 3.8) is 0 Å². The van der Waals surface area contributed by atoms with Crippen molar-refractivity contribution < 1.29 is 0 Å². The molecule has 0 aliphatic heterocycles. The third-order valence-electron chi connectivity index (χ3n) is 3.23. The largest absolute Gasteiger partial charge is 0.271 e. The van der Waals surface area contributed by atoms with Crippen LogP contribution in [0.5, 0.6) is 0 Å². The van der Waals surface area contributed by atoms with Crippen LogP contribution in [0.25, 0.3) is 0 Å². The summed E-state index contributed by atoms with van der Waals surface area (Å²) in [5.74, 6) is 6.46. The number of benzene rings is 1. The van der Waals surface area contributed by atoms with Crippen LogP contribution >= 0.6 is 11.6 Å². The van der Waals surface area contributed by atoms with E-state index in [0.717, 1.165) is 17.4 Å². The van der Waals surface area contributed by atoms with Gasteiger partial charge in [0.2, 0.25) is 0 Å². The van der Waals surface area contributed by atoms with Gasteiger partial charge in [-0.25, -0.2) is 0 Å². The Morgan fingerprint density at radius 1 is 1.50 bits per heavy atom. The Hall–Kier alpha value is -0.570. The number of nitrogens with two attached hydrogens (primary N) is 1. The number of aryl methyl sites for hydroxylation is 1. The standard InChI is InChI=1S/C13H19ClN2/c1-9-2-5-11(13(14)6-9)8-12(16-15)7-10-3-4-10/h2,5-6,10,12,16H,3-4,7-8,15H2,1H3. The third kappa shape index (κ3) is 3.21. The molecule has 0 heterocycles. The summed E-state index contributed by atoms with van der Waals surface area (Å²) in [5.41, 5.74) is 5.30. The molecule has 0 aromatic heterocycles. The molecule has 0 spiro atoms. The first-order valence-electron chi connectivity index (χ1n) is 5.90.